The van der Waals surface area contributed by atoms with Crippen LogP contribution < -0.4 is 10.6 Å². The van der Waals surface area contributed by atoms with Crippen LogP contribution in [0.5, 0.6) is 0 Å². The second-order valence-electron chi connectivity index (χ2n) is 3.63. The van der Waals surface area contributed by atoms with E-state index < -0.39 is 0 Å². The Morgan fingerprint density at radius 2 is 2.33 bits per heavy atom. The van der Waals surface area contributed by atoms with Gasteiger partial charge < -0.3 is 10.6 Å². The molecule has 2 N–H and O–H groups in total. The van der Waals surface area contributed by atoms with Gasteiger partial charge in [0.05, 0.1) is 5.69 Å². The highest BCUT2D eigenvalue weighted by Crippen LogP contribution is 2.16. The van der Waals surface area contributed by atoms with Crippen LogP contribution in [0.25, 0.3) is 0 Å². The first-order valence-electron chi connectivity index (χ1n) is 5.05. The number of thiocarbonyl (C=S) groups is 1. The Morgan fingerprint density at radius 3 is 2.87 bits per heavy atom. The molecule has 1 heterocycles. The van der Waals surface area contributed by atoms with Crippen molar-refractivity contribution in [1.82, 2.24) is 4.98 Å². The molecule has 0 amide bonds. The van der Waals surface area contributed by atoms with E-state index in [0.717, 1.165) is 12.1 Å². The maximum atomic E-state index is 5.54. The molecule has 4 heteroatoms. The second kappa shape index (κ2) is 5.07. The van der Waals surface area contributed by atoms with Gasteiger partial charge in [-0.2, -0.15) is 0 Å². The summed E-state index contributed by atoms with van der Waals surface area (Å²) in [6.07, 6.45) is 2.84. The van der Waals surface area contributed by atoms with Crippen molar-refractivity contribution in [3.8, 4) is 0 Å². The molecule has 0 aliphatic carbocycles. The summed E-state index contributed by atoms with van der Waals surface area (Å²) in [7, 11) is 2.06. The molecule has 0 bridgehead atoms. The van der Waals surface area contributed by atoms with Crippen LogP contribution in [0.15, 0.2) is 18.3 Å². The number of pyridine rings is 1. The largest absolute Gasteiger partial charge is 0.388 e. The summed E-state index contributed by atoms with van der Waals surface area (Å²) in [6.45, 7) is 4.34. The lowest BCUT2D eigenvalue weighted by Crippen LogP contribution is -2.28. The summed E-state index contributed by atoms with van der Waals surface area (Å²) in [5.74, 6) is 0. The van der Waals surface area contributed by atoms with E-state index in [1.807, 2.05) is 12.1 Å². The van der Waals surface area contributed by atoms with Crippen LogP contribution in [0.3, 0.4) is 0 Å². The van der Waals surface area contributed by atoms with E-state index in [1.165, 1.54) is 0 Å². The van der Waals surface area contributed by atoms with Gasteiger partial charge >= 0.3 is 0 Å². The van der Waals surface area contributed by atoms with Crippen LogP contribution in [-0.2, 0) is 0 Å². The van der Waals surface area contributed by atoms with E-state index in [-0.39, 0.29) is 0 Å². The average Bonchev–Trinajstić information content (AvgIpc) is 2.27. The zero-order chi connectivity index (χ0) is 11.4. The van der Waals surface area contributed by atoms with Gasteiger partial charge in [0.2, 0.25) is 0 Å². The summed E-state index contributed by atoms with van der Waals surface area (Å²) in [4.78, 5) is 6.65. The fraction of sp³-hybridized carbons (Fsp3) is 0.455. The van der Waals surface area contributed by atoms with Crippen LogP contribution in [0.2, 0.25) is 0 Å². The van der Waals surface area contributed by atoms with Crippen molar-refractivity contribution >= 4 is 22.9 Å². The third-order valence-corrected chi connectivity index (χ3v) is 2.86. The van der Waals surface area contributed by atoms with E-state index in [0.29, 0.717) is 16.7 Å². The summed E-state index contributed by atoms with van der Waals surface area (Å²) in [6, 6.07) is 4.38. The van der Waals surface area contributed by atoms with Crippen molar-refractivity contribution < 1.29 is 0 Å². The summed E-state index contributed by atoms with van der Waals surface area (Å²) < 4.78 is 0. The first kappa shape index (κ1) is 11.9. The Kier molecular flexibility index (Phi) is 4.03. The minimum atomic E-state index is 0.342. The lowest BCUT2D eigenvalue weighted by Gasteiger charge is -2.26. The molecule has 0 fully saturated rings. The summed E-state index contributed by atoms with van der Waals surface area (Å²) in [5, 5.41) is 0. The third kappa shape index (κ3) is 2.89. The van der Waals surface area contributed by atoms with Crippen LogP contribution in [-0.4, -0.2) is 23.1 Å². The van der Waals surface area contributed by atoms with Crippen molar-refractivity contribution in [3.05, 3.63) is 24.0 Å². The standard InChI is InChI=1S/C11H17N3S/c1-4-8(2)14(3)9-5-6-13-10(7-9)11(12)15/h5-8H,4H2,1-3H3,(H2,12,15). The van der Waals surface area contributed by atoms with Crippen molar-refractivity contribution in [2.24, 2.45) is 5.73 Å². The maximum absolute atomic E-state index is 5.54. The van der Waals surface area contributed by atoms with E-state index >= 15 is 0 Å². The van der Waals surface area contributed by atoms with Gasteiger partial charge in [0.1, 0.15) is 4.99 Å². The normalized spacial score (nSPS) is 12.2. The third-order valence-electron chi connectivity index (χ3n) is 2.66. The first-order chi connectivity index (χ1) is 7.06. The van der Waals surface area contributed by atoms with Crippen LogP contribution in [0, 0.1) is 0 Å². The topological polar surface area (TPSA) is 42.2 Å². The Morgan fingerprint density at radius 1 is 1.67 bits per heavy atom. The molecule has 0 aromatic carbocycles. The lowest BCUT2D eigenvalue weighted by atomic mass is 10.2. The molecule has 0 saturated carbocycles. The Bertz CT molecular complexity index is 351. The Labute approximate surface area is 96.3 Å². The van der Waals surface area contributed by atoms with Gasteiger partial charge in [0.25, 0.3) is 0 Å². The van der Waals surface area contributed by atoms with E-state index in [4.69, 9.17) is 18.0 Å². The average molecular weight is 223 g/mol. The van der Waals surface area contributed by atoms with Gasteiger partial charge in [-0.1, -0.05) is 19.1 Å². The smallest absolute Gasteiger partial charge is 0.122 e. The minimum absolute atomic E-state index is 0.342. The first-order valence-corrected chi connectivity index (χ1v) is 5.45. The van der Waals surface area contributed by atoms with Gasteiger partial charge in [-0.3, -0.25) is 4.98 Å². The lowest BCUT2D eigenvalue weighted by molar-refractivity contribution is 0.663. The molecular formula is C11H17N3S. The quantitative estimate of drug-likeness (QED) is 0.792. The zero-order valence-corrected chi connectivity index (χ0v) is 10.2. The molecular weight excluding hydrogens is 206 g/mol. The van der Waals surface area contributed by atoms with Gasteiger partial charge in [0, 0.05) is 25.0 Å². The zero-order valence-electron chi connectivity index (χ0n) is 9.40. The fourth-order valence-electron chi connectivity index (χ4n) is 1.30. The van der Waals surface area contributed by atoms with Crippen molar-refractivity contribution in [2.75, 3.05) is 11.9 Å². The molecule has 82 valence electrons. The number of aromatic nitrogens is 1. The monoisotopic (exact) mass is 223 g/mol. The number of hydrogen-bond donors (Lipinski definition) is 1. The predicted molar refractivity (Wildman–Crippen MR) is 68.3 cm³/mol. The molecule has 1 aromatic rings. The Balaban J connectivity index is 2.94. The fourth-order valence-corrected chi connectivity index (χ4v) is 1.41. The van der Waals surface area contributed by atoms with Gasteiger partial charge in [-0.05, 0) is 25.5 Å². The predicted octanol–water partition coefficient (Wildman–Crippen LogP) is 1.95. The SMILES string of the molecule is CCC(C)N(C)c1ccnc(C(N)=S)c1. The molecule has 1 unspecified atom stereocenters. The summed E-state index contributed by atoms with van der Waals surface area (Å²) in [5.41, 5.74) is 7.32. The van der Waals surface area contributed by atoms with Crippen molar-refractivity contribution in [3.63, 3.8) is 0 Å². The number of nitrogens with zero attached hydrogens (tertiary/aromatic N) is 2. The van der Waals surface area contributed by atoms with Gasteiger partial charge in [-0.15, -0.1) is 0 Å². The number of nitrogens with two attached hydrogens (primary N) is 1. The molecule has 3 nitrogen and oxygen atoms in total. The molecule has 0 aliphatic heterocycles. The van der Waals surface area contributed by atoms with Crippen LogP contribution in [0.4, 0.5) is 5.69 Å². The van der Waals surface area contributed by atoms with E-state index in [1.54, 1.807) is 6.20 Å². The van der Waals surface area contributed by atoms with Gasteiger partial charge in [-0.25, -0.2) is 0 Å². The minimum Gasteiger partial charge on any atom is -0.388 e. The van der Waals surface area contributed by atoms with E-state index in [9.17, 15) is 0 Å². The van der Waals surface area contributed by atoms with Crippen LogP contribution in [0.1, 0.15) is 26.0 Å². The number of anilines is 1. The molecule has 1 atom stereocenters. The molecule has 0 aliphatic rings. The molecule has 1 rings (SSSR count). The molecule has 1 aromatic heterocycles. The van der Waals surface area contributed by atoms with Crippen LogP contribution >= 0.6 is 12.2 Å². The second-order valence-corrected chi connectivity index (χ2v) is 4.07. The van der Waals surface area contributed by atoms with E-state index in [2.05, 4.69) is 30.8 Å². The highest BCUT2D eigenvalue weighted by atomic mass is 32.1. The van der Waals surface area contributed by atoms with Crippen molar-refractivity contribution in [2.45, 2.75) is 26.3 Å². The maximum Gasteiger partial charge on any atom is 0.122 e. The molecule has 0 radical (unpaired) electrons. The Hall–Kier alpha value is -1.16. The highest BCUT2D eigenvalue weighted by Gasteiger charge is 2.09. The summed E-state index contributed by atoms with van der Waals surface area (Å²) >= 11 is 4.90. The highest BCUT2D eigenvalue weighted by molar-refractivity contribution is 7.80. The van der Waals surface area contributed by atoms with Gasteiger partial charge in [0.15, 0.2) is 0 Å². The number of hydrogen-bond acceptors (Lipinski definition) is 3. The molecule has 0 spiro atoms. The van der Waals surface area contributed by atoms with Crippen molar-refractivity contribution in [1.29, 1.82) is 0 Å². The number of rotatable bonds is 4. The molecule has 0 saturated heterocycles. The molecule has 15 heavy (non-hydrogen) atoms.